The number of carboxylic acid groups (broad SMARTS) is 2. The first-order valence-electron chi connectivity index (χ1n) is 6.18. The number of ether oxygens (including phenoxy) is 1. The third-order valence-electron chi connectivity index (χ3n) is 3.01. The predicted molar refractivity (Wildman–Crippen MR) is 67.4 cm³/mol. The minimum Gasteiger partial charge on any atom is -0.481 e. The van der Waals surface area contributed by atoms with Gasteiger partial charge in [0.1, 0.15) is 0 Å². The lowest BCUT2D eigenvalue weighted by molar-refractivity contribution is -0.183. The summed E-state index contributed by atoms with van der Waals surface area (Å²) < 4.78 is 5.15. The highest BCUT2D eigenvalue weighted by Crippen LogP contribution is 2.34. The van der Waals surface area contributed by atoms with Gasteiger partial charge in [-0.15, -0.1) is 0 Å². The third kappa shape index (κ3) is 3.98. The van der Waals surface area contributed by atoms with Gasteiger partial charge in [0.15, 0.2) is 5.60 Å². The van der Waals surface area contributed by atoms with Gasteiger partial charge in [-0.2, -0.15) is 0 Å². The number of carbonyl (C=O) groups is 2. The van der Waals surface area contributed by atoms with Crippen LogP contribution in [0.15, 0.2) is 0 Å². The van der Waals surface area contributed by atoms with E-state index >= 15 is 0 Å². The molecule has 2 N–H and O–H groups in total. The average Bonchev–Trinajstić information content (AvgIpc) is 2.21. The lowest BCUT2D eigenvalue weighted by atomic mass is 9.76. The summed E-state index contributed by atoms with van der Waals surface area (Å²) in [6.45, 7) is 7.44. The molecule has 0 aromatic rings. The molecular weight excluding hydrogens is 236 g/mol. The summed E-state index contributed by atoms with van der Waals surface area (Å²) in [6.07, 6.45) is 0.463. The van der Waals surface area contributed by atoms with Crippen LogP contribution in [0.4, 0.5) is 0 Å². The van der Waals surface area contributed by atoms with Crippen molar-refractivity contribution in [2.75, 3.05) is 7.11 Å². The SMILES string of the molecule is COC(CC(C)C)(C(=O)O)C(CC(C)C)C(=O)O. The van der Waals surface area contributed by atoms with Crippen molar-refractivity contribution in [2.45, 2.75) is 46.1 Å². The summed E-state index contributed by atoms with van der Waals surface area (Å²) in [6, 6.07) is 0. The Bertz CT molecular complexity index is 298. The van der Waals surface area contributed by atoms with Crippen molar-refractivity contribution in [3.8, 4) is 0 Å². The maximum Gasteiger partial charge on any atom is 0.336 e. The number of hydrogen-bond donors (Lipinski definition) is 2. The lowest BCUT2D eigenvalue weighted by Crippen LogP contribution is -2.52. The Kier molecular flexibility index (Phi) is 6.32. The Morgan fingerprint density at radius 1 is 1.11 bits per heavy atom. The monoisotopic (exact) mass is 260 g/mol. The second kappa shape index (κ2) is 6.73. The normalized spacial score (nSPS) is 16.6. The molecule has 0 fully saturated rings. The molecule has 0 amide bonds. The topological polar surface area (TPSA) is 83.8 Å². The summed E-state index contributed by atoms with van der Waals surface area (Å²) in [4.78, 5) is 22.9. The van der Waals surface area contributed by atoms with E-state index in [9.17, 15) is 19.8 Å². The first-order chi connectivity index (χ1) is 8.17. The maximum absolute atomic E-state index is 11.5. The molecule has 18 heavy (non-hydrogen) atoms. The first kappa shape index (κ1) is 16.9. The highest BCUT2D eigenvalue weighted by Gasteiger charge is 2.50. The predicted octanol–water partition coefficient (Wildman–Crippen LogP) is 2.25. The van der Waals surface area contributed by atoms with E-state index in [-0.39, 0.29) is 24.7 Å². The van der Waals surface area contributed by atoms with Crippen molar-refractivity contribution in [3.05, 3.63) is 0 Å². The number of methoxy groups -OCH3 is 1. The van der Waals surface area contributed by atoms with Crippen molar-refractivity contribution in [2.24, 2.45) is 17.8 Å². The molecule has 5 nitrogen and oxygen atoms in total. The summed E-state index contributed by atoms with van der Waals surface area (Å²) in [5.41, 5.74) is -1.65. The van der Waals surface area contributed by atoms with E-state index in [1.54, 1.807) is 0 Å². The average molecular weight is 260 g/mol. The molecule has 0 aliphatic rings. The van der Waals surface area contributed by atoms with Crippen molar-refractivity contribution >= 4 is 11.9 Å². The van der Waals surface area contributed by atoms with E-state index < -0.39 is 23.5 Å². The van der Waals surface area contributed by atoms with Gasteiger partial charge in [-0.1, -0.05) is 27.7 Å². The van der Waals surface area contributed by atoms with Crippen LogP contribution in [-0.4, -0.2) is 34.9 Å². The van der Waals surface area contributed by atoms with Gasteiger partial charge in [-0.25, -0.2) is 4.79 Å². The Hall–Kier alpha value is -1.10. The summed E-state index contributed by atoms with van der Waals surface area (Å²) in [5, 5.41) is 18.7. The number of hydrogen-bond acceptors (Lipinski definition) is 3. The molecule has 0 rings (SSSR count). The Balaban J connectivity index is 5.46. The smallest absolute Gasteiger partial charge is 0.336 e. The lowest BCUT2D eigenvalue weighted by Gasteiger charge is -2.35. The summed E-state index contributed by atoms with van der Waals surface area (Å²) >= 11 is 0. The highest BCUT2D eigenvalue weighted by molar-refractivity contribution is 5.86. The molecule has 0 radical (unpaired) electrons. The van der Waals surface area contributed by atoms with E-state index in [0.717, 1.165) is 0 Å². The van der Waals surface area contributed by atoms with Gasteiger partial charge in [0.05, 0.1) is 5.92 Å². The molecule has 0 aromatic heterocycles. The molecule has 0 bridgehead atoms. The first-order valence-corrected chi connectivity index (χ1v) is 6.18. The zero-order valence-electron chi connectivity index (χ0n) is 11.8. The van der Waals surface area contributed by atoms with Crippen LogP contribution < -0.4 is 0 Å². The molecule has 0 aliphatic heterocycles. The summed E-state index contributed by atoms with van der Waals surface area (Å²) in [5.74, 6) is -3.23. The minimum absolute atomic E-state index is 0.0371. The van der Waals surface area contributed by atoms with E-state index in [1.807, 2.05) is 27.7 Å². The number of aliphatic carboxylic acids is 2. The van der Waals surface area contributed by atoms with Crippen molar-refractivity contribution in [1.82, 2.24) is 0 Å². The molecule has 0 spiro atoms. The highest BCUT2D eigenvalue weighted by atomic mass is 16.5. The van der Waals surface area contributed by atoms with Gasteiger partial charge in [0.2, 0.25) is 0 Å². The van der Waals surface area contributed by atoms with Gasteiger partial charge < -0.3 is 14.9 Å². The van der Waals surface area contributed by atoms with Gasteiger partial charge in [0.25, 0.3) is 0 Å². The Labute approximate surface area is 108 Å². The molecule has 0 saturated carbocycles. The fourth-order valence-electron chi connectivity index (χ4n) is 2.26. The number of carboxylic acids is 2. The van der Waals surface area contributed by atoms with Crippen LogP contribution in [0.3, 0.4) is 0 Å². The molecule has 0 heterocycles. The molecule has 0 saturated heterocycles. The van der Waals surface area contributed by atoms with Crippen LogP contribution >= 0.6 is 0 Å². The fraction of sp³-hybridized carbons (Fsp3) is 0.846. The van der Waals surface area contributed by atoms with E-state index in [1.165, 1.54) is 7.11 Å². The van der Waals surface area contributed by atoms with Gasteiger partial charge >= 0.3 is 11.9 Å². The largest absolute Gasteiger partial charge is 0.481 e. The van der Waals surface area contributed by atoms with Crippen LogP contribution in [0.2, 0.25) is 0 Å². The zero-order chi connectivity index (χ0) is 14.5. The van der Waals surface area contributed by atoms with E-state index in [2.05, 4.69) is 0 Å². The molecule has 2 unspecified atom stereocenters. The molecule has 5 heteroatoms. The van der Waals surface area contributed by atoms with Crippen molar-refractivity contribution in [1.29, 1.82) is 0 Å². The zero-order valence-corrected chi connectivity index (χ0v) is 11.8. The molecule has 0 aliphatic carbocycles. The van der Waals surface area contributed by atoms with Crippen LogP contribution in [-0.2, 0) is 14.3 Å². The third-order valence-corrected chi connectivity index (χ3v) is 3.01. The van der Waals surface area contributed by atoms with Crippen molar-refractivity contribution < 1.29 is 24.5 Å². The van der Waals surface area contributed by atoms with Crippen LogP contribution in [0.5, 0.6) is 0 Å². The molecule has 0 aromatic carbocycles. The fourth-order valence-corrected chi connectivity index (χ4v) is 2.26. The number of rotatable bonds is 8. The van der Waals surface area contributed by atoms with Gasteiger partial charge in [0, 0.05) is 7.11 Å². The summed E-state index contributed by atoms with van der Waals surface area (Å²) in [7, 11) is 1.27. The molecule has 2 atom stereocenters. The van der Waals surface area contributed by atoms with Crippen molar-refractivity contribution in [3.63, 3.8) is 0 Å². The minimum atomic E-state index is -1.65. The Morgan fingerprint density at radius 3 is 1.83 bits per heavy atom. The van der Waals surface area contributed by atoms with Gasteiger partial charge in [-0.05, 0) is 24.7 Å². The second-order valence-electron chi connectivity index (χ2n) is 5.52. The van der Waals surface area contributed by atoms with Crippen LogP contribution in [0.25, 0.3) is 0 Å². The standard InChI is InChI=1S/C13H24O5/c1-8(2)6-10(11(14)15)13(18-5,12(16)17)7-9(3)4/h8-10H,6-7H2,1-5H3,(H,14,15)(H,16,17). The molecular formula is C13H24O5. The second-order valence-corrected chi connectivity index (χ2v) is 5.52. The Morgan fingerprint density at radius 2 is 1.61 bits per heavy atom. The molecule has 106 valence electrons. The van der Waals surface area contributed by atoms with Gasteiger partial charge in [-0.3, -0.25) is 4.79 Å². The van der Waals surface area contributed by atoms with E-state index in [4.69, 9.17) is 4.74 Å². The van der Waals surface area contributed by atoms with E-state index in [0.29, 0.717) is 0 Å². The quantitative estimate of drug-likeness (QED) is 0.699. The maximum atomic E-state index is 11.5. The van der Waals surface area contributed by atoms with Crippen LogP contribution in [0, 0.1) is 17.8 Å². The van der Waals surface area contributed by atoms with Crippen LogP contribution in [0.1, 0.15) is 40.5 Å².